The van der Waals surface area contributed by atoms with Crippen molar-refractivity contribution in [3.05, 3.63) is 84.3 Å². The molecule has 1 N–H and O–H groups in total. The number of nitrogens with zero attached hydrogens (tertiary/aromatic N) is 4. The van der Waals surface area contributed by atoms with Crippen molar-refractivity contribution >= 4 is 17.5 Å². The lowest BCUT2D eigenvalue weighted by atomic mass is 10.1. The second-order valence-corrected chi connectivity index (χ2v) is 7.51. The standard InChI is InChI=1S/C25H23N5O2/c1-31-21-5-3-19-15-30(16-20(19)13-21)25-27-12-9-24(29-25)28-22-6-4-18(14-23(22)32-2)17-7-10-26-11-8-17/h3-14H,15-16H2,1-2H3,(H,27,28,29). The normalized spacial score (nSPS) is 12.4. The number of ether oxygens (including phenoxy) is 2. The molecule has 1 aliphatic rings. The molecule has 4 aromatic rings. The third-order valence-electron chi connectivity index (χ3n) is 5.54. The topological polar surface area (TPSA) is 72.4 Å². The molecular weight excluding hydrogens is 402 g/mol. The predicted octanol–water partition coefficient (Wildman–Crippen LogP) is 4.82. The summed E-state index contributed by atoms with van der Waals surface area (Å²) in [4.78, 5) is 15.5. The van der Waals surface area contributed by atoms with E-state index in [1.54, 1.807) is 32.8 Å². The van der Waals surface area contributed by atoms with Crippen LogP contribution in [0.4, 0.5) is 17.5 Å². The lowest BCUT2D eigenvalue weighted by Gasteiger charge is -2.17. The first-order valence-corrected chi connectivity index (χ1v) is 10.3. The van der Waals surface area contributed by atoms with E-state index >= 15 is 0 Å². The van der Waals surface area contributed by atoms with Gasteiger partial charge < -0.3 is 19.7 Å². The number of hydrogen-bond acceptors (Lipinski definition) is 7. The van der Waals surface area contributed by atoms with Crippen LogP contribution in [0, 0.1) is 0 Å². The van der Waals surface area contributed by atoms with E-state index < -0.39 is 0 Å². The minimum atomic E-state index is 0.678. The molecule has 0 atom stereocenters. The van der Waals surface area contributed by atoms with E-state index in [1.807, 2.05) is 42.5 Å². The third-order valence-corrected chi connectivity index (χ3v) is 5.54. The van der Waals surface area contributed by atoms with E-state index in [2.05, 4.69) is 32.3 Å². The monoisotopic (exact) mass is 425 g/mol. The van der Waals surface area contributed by atoms with Gasteiger partial charge in [0.1, 0.15) is 17.3 Å². The summed E-state index contributed by atoms with van der Waals surface area (Å²) in [6.45, 7) is 1.52. The smallest absolute Gasteiger partial charge is 0.227 e. The van der Waals surface area contributed by atoms with Gasteiger partial charge in [0.05, 0.1) is 19.9 Å². The lowest BCUT2D eigenvalue weighted by Crippen LogP contribution is -2.17. The quantitative estimate of drug-likeness (QED) is 0.475. The first-order valence-electron chi connectivity index (χ1n) is 10.3. The van der Waals surface area contributed by atoms with Crippen molar-refractivity contribution in [2.75, 3.05) is 24.4 Å². The molecule has 3 heterocycles. The summed E-state index contributed by atoms with van der Waals surface area (Å²) >= 11 is 0. The van der Waals surface area contributed by atoms with Gasteiger partial charge in [-0.05, 0) is 64.7 Å². The third kappa shape index (κ3) is 3.92. The van der Waals surface area contributed by atoms with E-state index in [-0.39, 0.29) is 0 Å². The van der Waals surface area contributed by atoms with E-state index in [9.17, 15) is 0 Å². The summed E-state index contributed by atoms with van der Waals surface area (Å²) in [5, 5.41) is 3.37. The van der Waals surface area contributed by atoms with Crippen molar-refractivity contribution in [3.63, 3.8) is 0 Å². The van der Waals surface area contributed by atoms with Gasteiger partial charge in [-0.3, -0.25) is 4.98 Å². The molecule has 0 bridgehead atoms. The molecule has 0 saturated heterocycles. The minimum Gasteiger partial charge on any atom is -0.497 e. The molecule has 7 heteroatoms. The summed E-state index contributed by atoms with van der Waals surface area (Å²) in [6.07, 6.45) is 5.33. The molecule has 0 aliphatic carbocycles. The summed E-state index contributed by atoms with van der Waals surface area (Å²) < 4.78 is 11.0. The fourth-order valence-corrected chi connectivity index (χ4v) is 3.87. The fraction of sp³-hybridized carbons (Fsp3) is 0.160. The molecule has 160 valence electrons. The zero-order chi connectivity index (χ0) is 21.9. The van der Waals surface area contributed by atoms with Gasteiger partial charge >= 0.3 is 0 Å². The Kier molecular flexibility index (Phi) is 5.29. The average molecular weight is 425 g/mol. The summed E-state index contributed by atoms with van der Waals surface area (Å²) in [5.74, 6) is 2.99. The van der Waals surface area contributed by atoms with Crippen LogP contribution in [0.1, 0.15) is 11.1 Å². The number of anilines is 3. The van der Waals surface area contributed by atoms with Crippen LogP contribution in [0.15, 0.2) is 73.2 Å². The zero-order valence-corrected chi connectivity index (χ0v) is 17.9. The van der Waals surface area contributed by atoms with Gasteiger partial charge in [-0.25, -0.2) is 4.98 Å². The van der Waals surface area contributed by atoms with Crippen molar-refractivity contribution in [1.82, 2.24) is 15.0 Å². The van der Waals surface area contributed by atoms with Crippen molar-refractivity contribution in [1.29, 1.82) is 0 Å². The number of hydrogen-bond donors (Lipinski definition) is 1. The highest BCUT2D eigenvalue weighted by molar-refractivity contribution is 5.73. The highest BCUT2D eigenvalue weighted by atomic mass is 16.5. The fourth-order valence-electron chi connectivity index (χ4n) is 3.87. The van der Waals surface area contributed by atoms with Crippen LogP contribution in [0.5, 0.6) is 11.5 Å². The SMILES string of the molecule is COc1ccc2c(c1)CN(c1nccc(Nc3ccc(-c4ccncc4)cc3OC)n1)C2. The molecule has 0 radical (unpaired) electrons. The first kappa shape index (κ1) is 19.8. The highest BCUT2D eigenvalue weighted by Crippen LogP contribution is 2.33. The molecule has 0 amide bonds. The molecule has 1 aliphatic heterocycles. The summed E-state index contributed by atoms with van der Waals surface area (Å²) in [7, 11) is 3.35. The maximum atomic E-state index is 5.63. The Hall–Kier alpha value is -4.13. The van der Waals surface area contributed by atoms with Gasteiger partial charge in [0.15, 0.2) is 0 Å². The van der Waals surface area contributed by atoms with Crippen LogP contribution < -0.4 is 19.7 Å². The Morgan fingerprint density at radius 2 is 1.66 bits per heavy atom. The van der Waals surface area contributed by atoms with E-state index in [4.69, 9.17) is 14.5 Å². The number of methoxy groups -OCH3 is 2. The van der Waals surface area contributed by atoms with Gasteiger partial charge in [0.25, 0.3) is 0 Å². The number of nitrogens with one attached hydrogen (secondary N) is 1. The largest absolute Gasteiger partial charge is 0.497 e. The van der Waals surface area contributed by atoms with E-state index in [1.165, 1.54) is 11.1 Å². The molecule has 2 aromatic carbocycles. The van der Waals surface area contributed by atoms with Crippen molar-refractivity contribution in [2.45, 2.75) is 13.1 Å². The van der Waals surface area contributed by atoms with Crippen molar-refractivity contribution < 1.29 is 9.47 Å². The van der Waals surface area contributed by atoms with Gasteiger partial charge in [-0.15, -0.1) is 0 Å². The van der Waals surface area contributed by atoms with Crippen LogP contribution in [-0.4, -0.2) is 29.2 Å². The summed E-state index contributed by atoms with van der Waals surface area (Å²) in [6, 6.07) is 18.0. The molecule has 0 saturated carbocycles. The number of benzene rings is 2. The van der Waals surface area contributed by atoms with Crippen LogP contribution in [-0.2, 0) is 13.1 Å². The molecule has 5 rings (SSSR count). The lowest BCUT2D eigenvalue weighted by molar-refractivity contribution is 0.414. The van der Waals surface area contributed by atoms with E-state index in [0.717, 1.165) is 41.4 Å². The average Bonchev–Trinajstić information content (AvgIpc) is 3.28. The van der Waals surface area contributed by atoms with E-state index in [0.29, 0.717) is 11.8 Å². The van der Waals surface area contributed by atoms with Crippen LogP contribution in [0.2, 0.25) is 0 Å². The van der Waals surface area contributed by atoms with Gasteiger partial charge in [-0.1, -0.05) is 12.1 Å². The van der Waals surface area contributed by atoms with Crippen molar-refractivity contribution in [2.24, 2.45) is 0 Å². The molecule has 32 heavy (non-hydrogen) atoms. The molecule has 0 unspecified atom stereocenters. The number of pyridine rings is 1. The minimum absolute atomic E-state index is 0.678. The van der Waals surface area contributed by atoms with Gasteiger partial charge in [-0.2, -0.15) is 4.98 Å². The first-order chi connectivity index (χ1) is 15.7. The Morgan fingerprint density at radius 3 is 2.47 bits per heavy atom. The Labute approximate surface area is 186 Å². The summed E-state index contributed by atoms with van der Waals surface area (Å²) in [5.41, 5.74) is 5.48. The van der Waals surface area contributed by atoms with Crippen LogP contribution in [0.25, 0.3) is 11.1 Å². The number of fused-ring (bicyclic) bond motifs is 1. The Morgan fingerprint density at radius 1 is 0.812 bits per heavy atom. The second-order valence-electron chi connectivity index (χ2n) is 7.51. The molecule has 7 nitrogen and oxygen atoms in total. The molecular formula is C25H23N5O2. The second kappa shape index (κ2) is 8.55. The molecule has 0 fully saturated rings. The maximum Gasteiger partial charge on any atom is 0.227 e. The highest BCUT2D eigenvalue weighted by Gasteiger charge is 2.22. The Balaban J connectivity index is 1.36. The van der Waals surface area contributed by atoms with Crippen molar-refractivity contribution in [3.8, 4) is 22.6 Å². The maximum absolute atomic E-state index is 5.63. The number of aromatic nitrogens is 3. The number of rotatable bonds is 6. The predicted molar refractivity (Wildman–Crippen MR) is 124 cm³/mol. The van der Waals surface area contributed by atoms with Gasteiger partial charge in [0, 0.05) is 31.7 Å². The molecule has 0 spiro atoms. The zero-order valence-electron chi connectivity index (χ0n) is 17.9. The van der Waals surface area contributed by atoms with Crippen LogP contribution in [0.3, 0.4) is 0 Å². The van der Waals surface area contributed by atoms with Crippen LogP contribution >= 0.6 is 0 Å². The van der Waals surface area contributed by atoms with Gasteiger partial charge in [0.2, 0.25) is 5.95 Å². The Bertz CT molecular complexity index is 1250. The molecule has 2 aromatic heterocycles.